The average molecular weight is 324 g/mol. The largest absolute Gasteiger partial charge is 0.334 e. The monoisotopic (exact) mass is 324 g/mol. The molecular weight excluding hydrogens is 304 g/mol. The van der Waals surface area contributed by atoms with Gasteiger partial charge in [-0.1, -0.05) is 0 Å². The van der Waals surface area contributed by atoms with Crippen molar-refractivity contribution in [3.63, 3.8) is 0 Å². The van der Waals surface area contributed by atoms with Crippen molar-refractivity contribution in [2.45, 2.75) is 39.3 Å². The lowest BCUT2D eigenvalue weighted by Gasteiger charge is -2.24. The highest BCUT2D eigenvalue weighted by atomic mass is 16.2. The Morgan fingerprint density at radius 2 is 2.25 bits per heavy atom. The second-order valence-corrected chi connectivity index (χ2v) is 6.38. The van der Waals surface area contributed by atoms with Crippen LogP contribution in [0.5, 0.6) is 0 Å². The van der Waals surface area contributed by atoms with E-state index < -0.39 is 0 Å². The molecule has 0 bridgehead atoms. The number of carbonyl (C=O) groups is 1. The van der Waals surface area contributed by atoms with Gasteiger partial charge < -0.3 is 4.90 Å². The summed E-state index contributed by atoms with van der Waals surface area (Å²) >= 11 is 0. The number of carbonyl (C=O) groups excluding carboxylic acids is 1. The van der Waals surface area contributed by atoms with Crippen molar-refractivity contribution in [3.05, 3.63) is 47.7 Å². The molecule has 3 aromatic rings. The van der Waals surface area contributed by atoms with Crippen LogP contribution >= 0.6 is 0 Å². The van der Waals surface area contributed by atoms with Crippen LogP contribution in [0.15, 0.2) is 30.9 Å². The Morgan fingerprint density at radius 3 is 3.04 bits per heavy atom. The molecule has 0 aliphatic carbocycles. The molecular formula is C17H20N6O. The molecule has 1 saturated heterocycles. The first-order valence-electron chi connectivity index (χ1n) is 8.23. The van der Waals surface area contributed by atoms with Crippen LogP contribution in [0.25, 0.3) is 5.65 Å². The fourth-order valence-corrected chi connectivity index (χ4v) is 3.47. The lowest BCUT2D eigenvalue weighted by molar-refractivity contribution is 0.0722. The van der Waals surface area contributed by atoms with Crippen LogP contribution in [0.4, 0.5) is 0 Å². The number of likely N-dealkylation sites (tertiary alicyclic amines) is 1. The predicted octanol–water partition coefficient (Wildman–Crippen LogP) is 1.85. The molecule has 7 heteroatoms. The van der Waals surface area contributed by atoms with E-state index in [0.717, 1.165) is 37.2 Å². The third-order valence-electron chi connectivity index (χ3n) is 4.58. The van der Waals surface area contributed by atoms with Crippen LogP contribution in [-0.2, 0) is 6.54 Å². The number of hydrogen-bond donors (Lipinski definition) is 0. The zero-order valence-corrected chi connectivity index (χ0v) is 13.9. The van der Waals surface area contributed by atoms with Gasteiger partial charge in [-0.2, -0.15) is 10.2 Å². The van der Waals surface area contributed by atoms with Gasteiger partial charge in [0.1, 0.15) is 5.56 Å². The summed E-state index contributed by atoms with van der Waals surface area (Å²) in [7, 11) is 0. The van der Waals surface area contributed by atoms with E-state index >= 15 is 0 Å². The Balaban J connectivity index is 1.63. The van der Waals surface area contributed by atoms with Crippen LogP contribution in [0.2, 0.25) is 0 Å². The SMILES string of the molecule is Cc1cnn(C[C@@H]2CCCN2C(=O)c2c(C)nn3cccnc23)c1. The maximum absolute atomic E-state index is 13.2. The molecule has 0 radical (unpaired) electrons. The summed E-state index contributed by atoms with van der Waals surface area (Å²) in [6.07, 6.45) is 9.39. The molecule has 24 heavy (non-hydrogen) atoms. The predicted molar refractivity (Wildman–Crippen MR) is 88.7 cm³/mol. The van der Waals surface area contributed by atoms with Crippen molar-refractivity contribution in [2.75, 3.05) is 6.54 Å². The number of aryl methyl sites for hydroxylation is 2. The Bertz CT molecular complexity index is 896. The maximum Gasteiger partial charge on any atom is 0.259 e. The van der Waals surface area contributed by atoms with Gasteiger partial charge >= 0.3 is 0 Å². The Hall–Kier alpha value is -2.70. The second-order valence-electron chi connectivity index (χ2n) is 6.38. The molecule has 4 heterocycles. The highest BCUT2D eigenvalue weighted by molar-refractivity contribution is 6.01. The fourth-order valence-electron chi connectivity index (χ4n) is 3.47. The summed E-state index contributed by atoms with van der Waals surface area (Å²) in [5, 5.41) is 8.76. The van der Waals surface area contributed by atoms with E-state index in [9.17, 15) is 4.79 Å². The first-order chi connectivity index (χ1) is 11.6. The number of hydrogen-bond acceptors (Lipinski definition) is 4. The van der Waals surface area contributed by atoms with Gasteiger partial charge in [-0.3, -0.25) is 9.48 Å². The molecule has 1 atom stereocenters. The minimum atomic E-state index is 0.0209. The van der Waals surface area contributed by atoms with E-state index in [1.165, 1.54) is 0 Å². The van der Waals surface area contributed by atoms with E-state index in [1.807, 2.05) is 48.1 Å². The molecule has 1 fully saturated rings. The topological polar surface area (TPSA) is 68.3 Å². The van der Waals surface area contributed by atoms with Crippen LogP contribution in [0.3, 0.4) is 0 Å². The molecule has 7 nitrogen and oxygen atoms in total. The van der Waals surface area contributed by atoms with Crippen molar-refractivity contribution in [1.82, 2.24) is 29.3 Å². The third kappa shape index (κ3) is 2.46. The van der Waals surface area contributed by atoms with E-state index in [2.05, 4.69) is 15.2 Å². The molecule has 0 unspecified atom stereocenters. The summed E-state index contributed by atoms with van der Waals surface area (Å²) < 4.78 is 3.59. The lowest BCUT2D eigenvalue weighted by atomic mass is 10.2. The van der Waals surface area contributed by atoms with Crippen molar-refractivity contribution < 1.29 is 4.79 Å². The summed E-state index contributed by atoms with van der Waals surface area (Å²) in [6.45, 7) is 5.39. The molecule has 0 saturated carbocycles. The minimum absolute atomic E-state index is 0.0209. The van der Waals surface area contributed by atoms with Gasteiger partial charge in [0.05, 0.1) is 24.5 Å². The van der Waals surface area contributed by atoms with Crippen LogP contribution in [0, 0.1) is 13.8 Å². The van der Waals surface area contributed by atoms with Gasteiger partial charge in [0.15, 0.2) is 5.65 Å². The van der Waals surface area contributed by atoms with Crippen molar-refractivity contribution in [1.29, 1.82) is 0 Å². The van der Waals surface area contributed by atoms with Crippen molar-refractivity contribution >= 4 is 11.6 Å². The second kappa shape index (κ2) is 5.74. The quantitative estimate of drug-likeness (QED) is 0.737. The molecule has 3 aromatic heterocycles. The van der Waals surface area contributed by atoms with Crippen molar-refractivity contribution in [3.8, 4) is 0 Å². The van der Waals surface area contributed by atoms with E-state index in [-0.39, 0.29) is 11.9 Å². The zero-order valence-electron chi connectivity index (χ0n) is 13.9. The van der Waals surface area contributed by atoms with Crippen molar-refractivity contribution in [2.24, 2.45) is 0 Å². The van der Waals surface area contributed by atoms with Gasteiger partial charge in [-0.15, -0.1) is 0 Å². The summed E-state index contributed by atoms with van der Waals surface area (Å²) in [4.78, 5) is 19.4. The minimum Gasteiger partial charge on any atom is -0.334 e. The van der Waals surface area contributed by atoms with Crippen LogP contribution in [-0.4, -0.2) is 47.8 Å². The van der Waals surface area contributed by atoms with E-state index in [0.29, 0.717) is 11.2 Å². The van der Waals surface area contributed by atoms with E-state index in [1.54, 1.807) is 10.7 Å². The molecule has 0 N–H and O–H groups in total. The van der Waals surface area contributed by atoms with Crippen LogP contribution in [0.1, 0.15) is 34.5 Å². The molecule has 1 amide bonds. The molecule has 1 aliphatic heterocycles. The first kappa shape index (κ1) is 14.9. The molecule has 0 spiro atoms. The number of nitrogens with zero attached hydrogens (tertiary/aromatic N) is 6. The van der Waals surface area contributed by atoms with Gasteiger partial charge in [-0.25, -0.2) is 9.50 Å². The normalized spacial score (nSPS) is 17.8. The average Bonchev–Trinajstić information content (AvgIpc) is 3.25. The smallest absolute Gasteiger partial charge is 0.259 e. The first-order valence-corrected chi connectivity index (χ1v) is 8.23. The number of aromatic nitrogens is 5. The van der Waals surface area contributed by atoms with Gasteiger partial charge in [0.25, 0.3) is 5.91 Å². The van der Waals surface area contributed by atoms with Gasteiger partial charge in [-0.05, 0) is 38.3 Å². The lowest BCUT2D eigenvalue weighted by Crippen LogP contribution is -2.38. The zero-order chi connectivity index (χ0) is 16.7. The van der Waals surface area contributed by atoms with Crippen LogP contribution < -0.4 is 0 Å². The molecule has 4 rings (SSSR count). The summed E-state index contributed by atoms with van der Waals surface area (Å²) in [5.74, 6) is 0.0209. The molecule has 0 aromatic carbocycles. The third-order valence-corrected chi connectivity index (χ3v) is 4.58. The Kier molecular flexibility index (Phi) is 3.55. The number of amides is 1. The summed E-state index contributed by atoms with van der Waals surface area (Å²) in [5.41, 5.74) is 3.09. The highest BCUT2D eigenvalue weighted by Crippen LogP contribution is 2.24. The Labute approximate surface area is 139 Å². The van der Waals surface area contributed by atoms with E-state index in [4.69, 9.17) is 0 Å². The number of fused-ring (bicyclic) bond motifs is 1. The van der Waals surface area contributed by atoms with Gasteiger partial charge in [0, 0.05) is 25.1 Å². The van der Waals surface area contributed by atoms with Gasteiger partial charge in [0.2, 0.25) is 0 Å². The standard InChI is InChI=1S/C17H20N6O/c1-12-9-19-21(10-12)11-14-5-3-7-22(14)17(24)15-13(2)20-23-8-4-6-18-16(15)23/h4,6,8-10,14H,3,5,7,11H2,1-2H3/t14-/m0/s1. The fraction of sp³-hybridized carbons (Fsp3) is 0.412. The molecule has 124 valence electrons. The molecule has 1 aliphatic rings. The number of rotatable bonds is 3. The summed E-state index contributed by atoms with van der Waals surface area (Å²) in [6, 6.07) is 1.97. The highest BCUT2D eigenvalue weighted by Gasteiger charge is 2.32. The Morgan fingerprint density at radius 1 is 1.38 bits per heavy atom. The maximum atomic E-state index is 13.2.